The van der Waals surface area contributed by atoms with E-state index in [1.54, 1.807) is 63.7 Å². The largest absolute Gasteiger partial charge is 0.493 e. The first kappa shape index (κ1) is 25.4. The third-order valence-corrected chi connectivity index (χ3v) is 7.13. The second-order valence-corrected chi connectivity index (χ2v) is 9.64. The van der Waals surface area contributed by atoms with Crippen molar-refractivity contribution in [2.24, 2.45) is 5.41 Å². The van der Waals surface area contributed by atoms with Gasteiger partial charge in [0.25, 0.3) is 0 Å². The quantitative estimate of drug-likeness (QED) is 0.235. The predicted molar refractivity (Wildman–Crippen MR) is 142 cm³/mol. The van der Waals surface area contributed by atoms with Crippen LogP contribution in [0.5, 0.6) is 23.0 Å². The summed E-state index contributed by atoms with van der Waals surface area (Å²) >= 11 is 0. The van der Waals surface area contributed by atoms with E-state index >= 15 is 0 Å². The maximum Gasteiger partial charge on any atom is 0.162 e. The molecule has 0 radical (unpaired) electrons. The standard InChI is InChI=1S/C31H28FNO5/c1-19-14-21(6-9-24(19)32)16-30(35)31(11-12-31)29(34)15-20-4-7-22(8-5-20)38-26-10-13-33-25-18-28(37-3)27(36-2)17-23(25)26/h4-10,13-14,17-18H,11-12,15-16H2,1-3H3. The van der Waals surface area contributed by atoms with Gasteiger partial charge in [-0.1, -0.05) is 24.3 Å². The van der Waals surface area contributed by atoms with Crippen molar-refractivity contribution in [3.8, 4) is 23.0 Å². The summed E-state index contributed by atoms with van der Waals surface area (Å²) in [6, 6.07) is 17.3. The molecule has 3 aromatic carbocycles. The molecule has 1 heterocycles. The Hall–Kier alpha value is -4.26. The fraction of sp³-hybridized carbons (Fsp3) is 0.258. The summed E-state index contributed by atoms with van der Waals surface area (Å²) in [5.41, 5.74) is 1.82. The molecule has 4 aromatic rings. The minimum absolute atomic E-state index is 0.0730. The minimum Gasteiger partial charge on any atom is -0.493 e. The molecule has 38 heavy (non-hydrogen) atoms. The van der Waals surface area contributed by atoms with Crippen LogP contribution >= 0.6 is 0 Å². The van der Waals surface area contributed by atoms with Gasteiger partial charge in [0.1, 0.15) is 17.3 Å². The van der Waals surface area contributed by atoms with Crippen molar-refractivity contribution in [2.75, 3.05) is 14.2 Å². The molecule has 0 N–H and O–H groups in total. The van der Waals surface area contributed by atoms with Gasteiger partial charge in [0.15, 0.2) is 23.1 Å². The number of Topliss-reactive ketones (excluding diaryl/α,β-unsaturated/α-hetero) is 2. The molecule has 0 saturated heterocycles. The summed E-state index contributed by atoms with van der Waals surface area (Å²) in [5.74, 6) is 1.90. The van der Waals surface area contributed by atoms with Crippen molar-refractivity contribution >= 4 is 22.5 Å². The van der Waals surface area contributed by atoms with Gasteiger partial charge in [-0.15, -0.1) is 0 Å². The highest BCUT2D eigenvalue weighted by Gasteiger charge is 2.54. The Labute approximate surface area is 220 Å². The molecule has 0 spiro atoms. The van der Waals surface area contributed by atoms with E-state index in [2.05, 4.69) is 4.98 Å². The Balaban J connectivity index is 1.27. The molecule has 0 unspecified atom stereocenters. The van der Waals surface area contributed by atoms with Crippen LogP contribution in [0.25, 0.3) is 10.9 Å². The van der Waals surface area contributed by atoms with Gasteiger partial charge in [-0.2, -0.15) is 0 Å². The fourth-order valence-electron chi connectivity index (χ4n) is 4.70. The van der Waals surface area contributed by atoms with Gasteiger partial charge >= 0.3 is 0 Å². The van der Waals surface area contributed by atoms with E-state index in [0.29, 0.717) is 46.9 Å². The van der Waals surface area contributed by atoms with Crippen LogP contribution < -0.4 is 14.2 Å². The lowest BCUT2D eigenvalue weighted by atomic mass is 9.87. The van der Waals surface area contributed by atoms with Crippen LogP contribution in [0, 0.1) is 18.2 Å². The Morgan fingerprint density at radius 3 is 2.11 bits per heavy atom. The van der Waals surface area contributed by atoms with E-state index in [-0.39, 0.29) is 30.2 Å². The van der Waals surface area contributed by atoms with Crippen molar-refractivity contribution in [1.82, 2.24) is 4.98 Å². The van der Waals surface area contributed by atoms with Crippen molar-refractivity contribution in [3.63, 3.8) is 0 Å². The highest BCUT2D eigenvalue weighted by atomic mass is 19.1. The minimum atomic E-state index is -0.923. The number of nitrogens with zero attached hydrogens (tertiary/aromatic N) is 1. The van der Waals surface area contributed by atoms with Gasteiger partial charge in [0.05, 0.1) is 25.2 Å². The average molecular weight is 514 g/mol. The number of aromatic nitrogens is 1. The Morgan fingerprint density at radius 1 is 0.842 bits per heavy atom. The molecular weight excluding hydrogens is 485 g/mol. The van der Waals surface area contributed by atoms with E-state index < -0.39 is 5.41 Å². The van der Waals surface area contributed by atoms with Crippen LogP contribution in [-0.2, 0) is 22.4 Å². The second kappa shape index (κ2) is 10.2. The molecule has 1 aromatic heterocycles. The summed E-state index contributed by atoms with van der Waals surface area (Å²) in [4.78, 5) is 30.6. The van der Waals surface area contributed by atoms with Gasteiger partial charge in [-0.3, -0.25) is 14.6 Å². The van der Waals surface area contributed by atoms with E-state index in [0.717, 1.165) is 16.5 Å². The highest BCUT2D eigenvalue weighted by Crippen LogP contribution is 2.49. The van der Waals surface area contributed by atoms with E-state index in [4.69, 9.17) is 14.2 Å². The zero-order chi connectivity index (χ0) is 26.9. The normalized spacial score (nSPS) is 13.7. The van der Waals surface area contributed by atoms with Gasteiger partial charge in [0.2, 0.25) is 0 Å². The monoisotopic (exact) mass is 513 g/mol. The first-order valence-corrected chi connectivity index (χ1v) is 12.4. The van der Waals surface area contributed by atoms with Gasteiger partial charge in [-0.05, 0) is 66.8 Å². The van der Waals surface area contributed by atoms with Crippen LogP contribution in [0.4, 0.5) is 4.39 Å². The first-order chi connectivity index (χ1) is 18.3. The van der Waals surface area contributed by atoms with Crippen molar-refractivity contribution in [2.45, 2.75) is 32.6 Å². The number of aryl methyl sites for hydroxylation is 1. The van der Waals surface area contributed by atoms with Gasteiger partial charge in [0, 0.05) is 30.5 Å². The number of carbonyl (C=O) groups excluding carboxylic acids is 2. The van der Waals surface area contributed by atoms with Gasteiger partial charge < -0.3 is 14.2 Å². The summed E-state index contributed by atoms with van der Waals surface area (Å²) in [7, 11) is 3.15. The molecule has 0 amide bonds. The summed E-state index contributed by atoms with van der Waals surface area (Å²) in [6.07, 6.45) is 3.10. The molecule has 1 aliphatic carbocycles. The molecule has 0 aliphatic heterocycles. The molecule has 5 rings (SSSR count). The number of benzene rings is 3. The lowest BCUT2D eigenvalue weighted by Gasteiger charge is -2.14. The van der Waals surface area contributed by atoms with Crippen LogP contribution in [0.3, 0.4) is 0 Å². The van der Waals surface area contributed by atoms with Crippen LogP contribution in [-0.4, -0.2) is 30.8 Å². The zero-order valence-corrected chi connectivity index (χ0v) is 21.5. The molecule has 0 bridgehead atoms. The lowest BCUT2D eigenvalue weighted by Crippen LogP contribution is -2.28. The number of carbonyl (C=O) groups is 2. The molecule has 0 atom stereocenters. The maximum atomic E-state index is 13.6. The number of rotatable bonds is 10. The number of pyridine rings is 1. The smallest absolute Gasteiger partial charge is 0.162 e. The van der Waals surface area contributed by atoms with E-state index in [1.807, 2.05) is 18.2 Å². The lowest BCUT2D eigenvalue weighted by molar-refractivity contribution is -0.133. The van der Waals surface area contributed by atoms with Crippen molar-refractivity contribution < 1.29 is 28.2 Å². The number of ketones is 2. The number of halogens is 1. The van der Waals surface area contributed by atoms with Crippen LogP contribution in [0.2, 0.25) is 0 Å². The fourth-order valence-corrected chi connectivity index (χ4v) is 4.70. The Morgan fingerprint density at radius 2 is 1.47 bits per heavy atom. The third-order valence-electron chi connectivity index (χ3n) is 7.13. The molecule has 1 aliphatic rings. The summed E-state index contributed by atoms with van der Waals surface area (Å²) < 4.78 is 30.5. The van der Waals surface area contributed by atoms with Crippen LogP contribution in [0.15, 0.2) is 66.9 Å². The van der Waals surface area contributed by atoms with Crippen molar-refractivity contribution in [3.05, 3.63) is 89.4 Å². The molecule has 1 saturated carbocycles. The first-order valence-electron chi connectivity index (χ1n) is 12.4. The third kappa shape index (κ3) is 4.96. The number of ether oxygens (including phenoxy) is 3. The molecule has 6 nitrogen and oxygen atoms in total. The maximum absolute atomic E-state index is 13.6. The van der Waals surface area contributed by atoms with E-state index in [1.165, 1.54) is 6.07 Å². The topological polar surface area (TPSA) is 74.7 Å². The van der Waals surface area contributed by atoms with E-state index in [9.17, 15) is 14.0 Å². The average Bonchev–Trinajstić information content (AvgIpc) is 3.74. The molecule has 7 heteroatoms. The van der Waals surface area contributed by atoms with Crippen LogP contribution in [0.1, 0.15) is 29.5 Å². The zero-order valence-electron chi connectivity index (χ0n) is 21.5. The Bertz CT molecular complexity index is 1530. The number of hydrogen-bond donors (Lipinski definition) is 0. The summed E-state index contributed by atoms with van der Waals surface area (Å²) in [5, 5.41) is 0.773. The van der Waals surface area contributed by atoms with Gasteiger partial charge in [-0.25, -0.2) is 4.39 Å². The number of hydrogen-bond acceptors (Lipinski definition) is 6. The molecule has 1 fully saturated rings. The summed E-state index contributed by atoms with van der Waals surface area (Å²) in [6.45, 7) is 1.67. The Kier molecular flexibility index (Phi) is 6.85. The predicted octanol–water partition coefficient (Wildman–Crippen LogP) is 6.20. The van der Waals surface area contributed by atoms with Crippen molar-refractivity contribution in [1.29, 1.82) is 0 Å². The second-order valence-electron chi connectivity index (χ2n) is 9.64. The number of methoxy groups -OCH3 is 2. The highest BCUT2D eigenvalue weighted by molar-refractivity contribution is 6.11. The number of fused-ring (bicyclic) bond motifs is 1. The molecular formula is C31H28FNO5. The molecule has 194 valence electrons. The SMILES string of the molecule is COc1cc2nccc(Oc3ccc(CC(=O)C4(C(=O)Cc5ccc(F)c(C)c5)CC4)cc3)c2cc1OC.